The summed E-state index contributed by atoms with van der Waals surface area (Å²) in [5.41, 5.74) is 7.30. The Hall–Kier alpha value is -0.770. The van der Waals surface area contributed by atoms with Gasteiger partial charge in [0.05, 0.1) is 19.8 Å². The van der Waals surface area contributed by atoms with Crippen LogP contribution in [0.1, 0.15) is 18.9 Å². The smallest absolute Gasteiger partial charge is 0.0752 e. The van der Waals surface area contributed by atoms with Crippen LogP contribution in [0.25, 0.3) is 0 Å². The first-order chi connectivity index (χ1) is 7.75. The fraction of sp³-hybridized carbons (Fsp3) is 0.500. The topological polar surface area (TPSA) is 44.5 Å². The van der Waals surface area contributed by atoms with E-state index in [0.29, 0.717) is 30.5 Å². The summed E-state index contributed by atoms with van der Waals surface area (Å²) in [5.74, 6) is 0. The summed E-state index contributed by atoms with van der Waals surface area (Å²) in [6.45, 7) is 4.45. The molecule has 3 nitrogen and oxygen atoms in total. The van der Waals surface area contributed by atoms with Gasteiger partial charge in [-0.05, 0) is 18.6 Å². The highest BCUT2D eigenvalue weighted by Gasteiger charge is 2.03. The summed E-state index contributed by atoms with van der Waals surface area (Å²) < 4.78 is 10.7. The highest BCUT2D eigenvalue weighted by Crippen LogP contribution is 2.22. The molecule has 4 heteroatoms. The molecule has 1 rings (SSSR count). The number of rotatable bonds is 7. The van der Waals surface area contributed by atoms with Crippen molar-refractivity contribution in [2.24, 2.45) is 0 Å². The second-order valence-electron chi connectivity index (χ2n) is 3.47. The van der Waals surface area contributed by atoms with Gasteiger partial charge in [0.2, 0.25) is 0 Å². The van der Waals surface area contributed by atoms with Gasteiger partial charge in [-0.2, -0.15) is 0 Å². The van der Waals surface area contributed by atoms with E-state index < -0.39 is 0 Å². The van der Waals surface area contributed by atoms with E-state index in [9.17, 15) is 0 Å². The van der Waals surface area contributed by atoms with E-state index in [1.165, 1.54) is 0 Å². The molecule has 1 aromatic rings. The first-order valence-corrected chi connectivity index (χ1v) is 5.81. The van der Waals surface area contributed by atoms with Gasteiger partial charge in [-0.15, -0.1) is 0 Å². The van der Waals surface area contributed by atoms with Crippen molar-refractivity contribution >= 4 is 17.3 Å². The Balaban J connectivity index is 2.26. The number of nitrogen functional groups attached to an aromatic ring is 1. The lowest BCUT2D eigenvalue weighted by Crippen LogP contribution is -2.06. The average molecular weight is 244 g/mol. The molecule has 0 radical (unpaired) electrons. The maximum Gasteiger partial charge on any atom is 0.0752 e. The van der Waals surface area contributed by atoms with Crippen LogP contribution in [0.15, 0.2) is 18.2 Å². The van der Waals surface area contributed by atoms with Crippen LogP contribution in [0.5, 0.6) is 0 Å². The molecule has 16 heavy (non-hydrogen) atoms. The molecule has 0 heterocycles. The maximum absolute atomic E-state index is 6.00. The SMILES string of the molecule is CCCOCCOCc1c(N)cccc1Cl. The zero-order valence-electron chi connectivity index (χ0n) is 9.54. The predicted molar refractivity (Wildman–Crippen MR) is 66.6 cm³/mol. The fourth-order valence-corrected chi connectivity index (χ4v) is 1.50. The third-order valence-electron chi connectivity index (χ3n) is 2.12. The highest BCUT2D eigenvalue weighted by molar-refractivity contribution is 6.31. The van der Waals surface area contributed by atoms with E-state index in [1.807, 2.05) is 18.2 Å². The standard InChI is InChI=1S/C12H18ClNO2/c1-2-6-15-7-8-16-9-10-11(13)4-3-5-12(10)14/h3-5H,2,6-9,14H2,1H3. The van der Waals surface area contributed by atoms with Crippen LogP contribution >= 0.6 is 11.6 Å². The number of ether oxygens (including phenoxy) is 2. The molecule has 0 atom stereocenters. The van der Waals surface area contributed by atoms with Crippen molar-refractivity contribution < 1.29 is 9.47 Å². The first-order valence-electron chi connectivity index (χ1n) is 5.44. The molecule has 0 fully saturated rings. The average Bonchev–Trinajstić information content (AvgIpc) is 2.26. The fourth-order valence-electron chi connectivity index (χ4n) is 1.27. The monoisotopic (exact) mass is 243 g/mol. The third-order valence-corrected chi connectivity index (χ3v) is 2.48. The van der Waals surface area contributed by atoms with Crippen molar-refractivity contribution in [1.82, 2.24) is 0 Å². The minimum atomic E-state index is 0.432. The van der Waals surface area contributed by atoms with Gasteiger partial charge in [-0.25, -0.2) is 0 Å². The summed E-state index contributed by atoms with van der Waals surface area (Å²) in [6.07, 6.45) is 1.03. The van der Waals surface area contributed by atoms with Crippen molar-refractivity contribution in [1.29, 1.82) is 0 Å². The van der Waals surface area contributed by atoms with Crippen molar-refractivity contribution in [3.05, 3.63) is 28.8 Å². The second-order valence-corrected chi connectivity index (χ2v) is 3.88. The third kappa shape index (κ3) is 4.39. The van der Waals surface area contributed by atoms with Gasteiger partial charge >= 0.3 is 0 Å². The summed E-state index contributed by atoms with van der Waals surface area (Å²) in [7, 11) is 0. The Labute approximate surface area is 101 Å². The minimum Gasteiger partial charge on any atom is -0.398 e. The number of benzene rings is 1. The molecule has 0 aliphatic carbocycles. The molecule has 0 aromatic heterocycles. The van der Waals surface area contributed by atoms with E-state index in [1.54, 1.807) is 0 Å². The Morgan fingerprint density at radius 3 is 2.62 bits per heavy atom. The van der Waals surface area contributed by atoms with Crippen LogP contribution < -0.4 is 5.73 Å². The largest absolute Gasteiger partial charge is 0.398 e. The lowest BCUT2D eigenvalue weighted by atomic mass is 10.2. The summed E-state index contributed by atoms with van der Waals surface area (Å²) in [5, 5.41) is 0.648. The van der Waals surface area contributed by atoms with Gasteiger partial charge in [0.15, 0.2) is 0 Å². The molecule has 1 aromatic carbocycles. The van der Waals surface area contributed by atoms with Gasteiger partial charge in [0.1, 0.15) is 0 Å². The first kappa shape index (κ1) is 13.3. The van der Waals surface area contributed by atoms with Crippen LogP contribution in [0.2, 0.25) is 5.02 Å². The maximum atomic E-state index is 6.00. The molecule has 0 amide bonds. The molecule has 0 aliphatic heterocycles. The van der Waals surface area contributed by atoms with E-state index in [-0.39, 0.29) is 0 Å². The van der Waals surface area contributed by atoms with Gasteiger partial charge in [0, 0.05) is 22.9 Å². The van der Waals surface area contributed by atoms with Crippen LogP contribution in [-0.4, -0.2) is 19.8 Å². The van der Waals surface area contributed by atoms with Crippen LogP contribution in [0.3, 0.4) is 0 Å². The van der Waals surface area contributed by atoms with Crippen molar-refractivity contribution in [3.8, 4) is 0 Å². The molecule has 2 N–H and O–H groups in total. The molecular weight excluding hydrogens is 226 g/mol. The van der Waals surface area contributed by atoms with Gasteiger partial charge < -0.3 is 15.2 Å². The number of nitrogens with two attached hydrogens (primary N) is 1. The molecule has 0 spiro atoms. The van der Waals surface area contributed by atoms with E-state index in [4.69, 9.17) is 26.8 Å². The number of anilines is 1. The number of hydrogen-bond acceptors (Lipinski definition) is 3. The van der Waals surface area contributed by atoms with Crippen LogP contribution in [-0.2, 0) is 16.1 Å². The lowest BCUT2D eigenvalue weighted by molar-refractivity contribution is 0.0410. The van der Waals surface area contributed by atoms with Gasteiger partial charge in [-0.3, -0.25) is 0 Å². The summed E-state index contributed by atoms with van der Waals surface area (Å²) in [4.78, 5) is 0. The Morgan fingerprint density at radius 2 is 1.94 bits per heavy atom. The molecule has 90 valence electrons. The number of hydrogen-bond donors (Lipinski definition) is 1. The Kier molecular flexibility index (Phi) is 6.23. The van der Waals surface area contributed by atoms with Crippen molar-refractivity contribution in [2.75, 3.05) is 25.6 Å². The van der Waals surface area contributed by atoms with E-state index >= 15 is 0 Å². The zero-order valence-corrected chi connectivity index (χ0v) is 10.3. The van der Waals surface area contributed by atoms with Crippen LogP contribution in [0.4, 0.5) is 5.69 Å². The molecule has 0 saturated carbocycles. The second kappa shape index (κ2) is 7.49. The molecule has 0 aliphatic rings. The van der Waals surface area contributed by atoms with Crippen LogP contribution in [0, 0.1) is 0 Å². The summed E-state index contributed by atoms with van der Waals surface area (Å²) >= 11 is 6.00. The number of halogens is 1. The normalized spacial score (nSPS) is 10.6. The predicted octanol–water partition coefficient (Wildman–Crippen LogP) is 2.87. The van der Waals surface area contributed by atoms with Crippen molar-refractivity contribution in [3.63, 3.8) is 0 Å². The minimum absolute atomic E-state index is 0.432. The highest BCUT2D eigenvalue weighted by atomic mass is 35.5. The van der Waals surface area contributed by atoms with Gasteiger partial charge in [0.25, 0.3) is 0 Å². The molecule has 0 bridgehead atoms. The van der Waals surface area contributed by atoms with E-state index in [0.717, 1.165) is 18.6 Å². The lowest BCUT2D eigenvalue weighted by Gasteiger charge is -2.09. The quantitative estimate of drug-likeness (QED) is 0.592. The van der Waals surface area contributed by atoms with E-state index in [2.05, 4.69) is 6.92 Å². The van der Waals surface area contributed by atoms with Crippen molar-refractivity contribution in [2.45, 2.75) is 20.0 Å². The molecule has 0 saturated heterocycles. The Bertz CT molecular complexity index is 298. The summed E-state index contributed by atoms with van der Waals surface area (Å²) in [6, 6.07) is 5.45. The molecular formula is C12H18ClNO2. The Morgan fingerprint density at radius 1 is 1.19 bits per heavy atom. The zero-order chi connectivity index (χ0) is 11.8. The molecule has 0 unspecified atom stereocenters. The van der Waals surface area contributed by atoms with Gasteiger partial charge in [-0.1, -0.05) is 24.6 Å².